The summed E-state index contributed by atoms with van der Waals surface area (Å²) in [5, 5.41) is 0.956. The van der Waals surface area contributed by atoms with Gasteiger partial charge in [-0.05, 0) is 18.1 Å². The Kier molecular flexibility index (Phi) is 4.58. The van der Waals surface area contributed by atoms with Crippen LogP contribution in [-0.2, 0) is 0 Å². The minimum Gasteiger partial charge on any atom is -0.384 e. The second-order valence-corrected chi connectivity index (χ2v) is 7.71. The second kappa shape index (κ2) is 6.04. The van der Waals surface area contributed by atoms with E-state index in [1.807, 2.05) is 22.7 Å². The highest BCUT2D eigenvalue weighted by atomic mass is 32.2. The molecular weight excluding hydrogens is 270 g/mol. The summed E-state index contributed by atoms with van der Waals surface area (Å²) < 4.78 is 0. The summed E-state index contributed by atoms with van der Waals surface area (Å²) in [6.07, 6.45) is 0. The van der Waals surface area contributed by atoms with Gasteiger partial charge in [-0.25, -0.2) is 4.98 Å². The number of carbonyl (C=O) groups is 1. The fourth-order valence-electron chi connectivity index (χ4n) is 2.52. The average Bonchev–Trinajstić information content (AvgIpc) is 2.35. The Labute approximate surface area is 125 Å². The number of hydrogen-bond donors (Lipinski definition) is 1. The van der Waals surface area contributed by atoms with Gasteiger partial charge in [-0.15, -0.1) is 0 Å². The van der Waals surface area contributed by atoms with Crippen LogP contribution in [0.5, 0.6) is 0 Å². The molecule has 1 aliphatic rings. The monoisotopic (exact) mass is 293 g/mol. The molecule has 1 amide bonds. The molecular formula is C15H23N3OS. The first kappa shape index (κ1) is 15.2. The van der Waals surface area contributed by atoms with Gasteiger partial charge in [0.05, 0.1) is 0 Å². The van der Waals surface area contributed by atoms with Crippen molar-refractivity contribution in [2.45, 2.75) is 44.1 Å². The summed E-state index contributed by atoms with van der Waals surface area (Å²) in [5.41, 5.74) is 7.37. The van der Waals surface area contributed by atoms with Gasteiger partial charge in [-0.1, -0.05) is 27.7 Å². The van der Waals surface area contributed by atoms with Crippen molar-refractivity contribution in [1.29, 1.82) is 0 Å². The maximum Gasteiger partial charge on any atom is 0.254 e. The van der Waals surface area contributed by atoms with Gasteiger partial charge in [0.2, 0.25) is 0 Å². The molecule has 5 heteroatoms. The van der Waals surface area contributed by atoms with E-state index in [-0.39, 0.29) is 11.8 Å². The third-order valence-corrected chi connectivity index (χ3v) is 4.64. The molecule has 0 spiro atoms. The van der Waals surface area contributed by atoms with Crippen molar-refractivity contribution in [3.63, 3.8) is 0 Å². The zero-order chi connectivity index (χ0) is 14.9. The van der Waals surface area contributed by atoms with Gasteiger partial charge in [0, 0.05) is 34.8 Å². The molecule has 0 bridgehead atoms. The largest absolute Gasteiger partial charge is 0.384 e. The predicted octanol–water partition coefficient (Wildman–Crippen LogP) is 2.75. The molecule has 2 atom stereocenters. The SMILES string of the molecule is CC1CN(C(=O)c2cc(N)nc(C(C)C)c2)CC(C)S1. The highest BCUT2D eigenvalue weighted by Crippen LogP contribution is 2.26. The molecule has 1 saturated heterocycles. The maximum atomic E-state index is 12.7. The number of aromatic nitrogens is 1. The van der Waals surface area contributed by atoms with E-state index in [0.717, 1.165) is 18.8 Å². The quantitative estimate of drug-likeness (QED) is 0.911. The zero-order valence-corrected chi connectivity index (χ0v) is 13.4. The first-order valence-corrected chi connectivity index (χ1v) is 8.03. The van der Waals surface area contributed by atoms with Crippen molar-refractivity contribution in [3.8, 4) is 0 Å². The number of nitrogen functional groups attached to an aromatic ring is 1. The summed E-state index contributed by atoms with van der Waals surface area (Å²) in [6, 6.07) is 3.56. The average molecular weight is 293 g/mol. The Morgan fingerprint density at radius 1 is 1.35 bits per heavy atom. The molecule has 20 heavy (non-hydrogen) atoms. The number of rotatable bonds is 2. The normalized spacial score (nSPS) is 23.1. The van der Waals surface area contributed by atoms with Crippen LogP contribution in [0.3, 0.4) is 0 Å². The molecule has 2 unspecified atom stereocenters. The molecule has 4 nitrogen and oxygen atoms in total. The van der Waals surface area contributed by atoms with E-state index in [1.54, 1.807) is 6.07 Å². The molecule has 1 aromatic rings. The van der Waals surface area contributed by atoms with Crippen molar-refractivity contribution >= 4 is 23.5 Å². The van der Waals surface area contributed by atoms with Crippen molar-refractivity contribution in [2.75, 3.05) is 18.8 Å². The van der Waals surface area contributed by atoms with Gasteiger partial charge in [0.1, 0.15) is 5.82 Å². The smallest absolute Gasteiger partial charge is 0.254 e. The Morgan fingerprint density at radius 3 is 2.50 bits per heavy atom. The van der Waals surface area contributed by atoms with E-state index in [9.17, 15) is 4.79 Å². The molecule has 2 rings (SSSR count). The van der Waals surface area contributed by atoms with Gasteiger partial charge < -0.3 is 10.6 Å². The van der Waals surface area contributed by atoms with Crippen LogP contribution in [0.25, 0.3) is 0 Å². The van der Waals surface area contributed by atoms with Crippen molar-refractivity contribution < 1.29 is 4.79 Å². The lowest BCUT2D eigenvalue weighted by atomic mass is 10.1. The number of nitrogens with zero attached hydrogens (tertiary/aromatic N) is 2. The number of nitrogens with two attached hydrogens (primary N) is 1. The Balaban J connectivity index is 2.24. The van der Waals surface area contributed by atoms with E-state index >= 15 is 0 Å². The van der Waals surface area contributed by atoms with E-state index in [4.69, 9.17) is 5.73 Å². The van der Waals surface area contributed by atoms with E-state index in [2.05, 4.69) is 32.7 Å². The third-order valence-electron chi connectivity index (χ3n) is 3.41. The number of hydrogen-bond acceptors (Lipinski definition) is 4. The van der Waals surface area contributed by atoms with Crippen LogP contribution in [0.1, 0.15) is 49.7 Å². The molecule has 1 aromatic heterocycles. The topological polar surface area (TPSA) is 59.2 Å². The number of thioether (sulfide) groups is 1. The maximum absolute atomic E-state index is 12.7. The minimum absolute atomic E-state index is 0.0694. The van der Waals surface area contributed by atoms with Gasteiger partial charge in [-0.3, -0.25) is 4.79 Å². The van der Waals surface area contributed by atoms with Crippen molar-refractivity contribution in [1.82, 2.24) is 9.88 Å². The summed E-state index contributed by atoms with van der Waals surface area (Å²) in [5.74, 6) is 0.756. The number of anilines is 1. The molecule has 1 fully saturated rings. The highest BCUT2D eigenvalue weighted by Gasteiger charge is 2.27. The first-order valence-electron chi connectivity index (χ1n) is 7.09. The molecule has 1 aliphatic heterocycles. The van der Waals surface area contributed by atoms with Crippen LogP contribution in [0, 0.1) is 0 Å². The van der Waals surface area contributed by atoms with Crippen LogP contribution in [-0.4, -0.2) is 39.4 Å². The number of amides is 1. The van der Waals surface area contributed by atoms with Crippen molar-refractivity contribution in [3.05, 3.63) is 23.4 Å². The van der Waals surface area contributed by atoms with Gasteiger partial charge in [-0.2, -0.15) is 11.8 Å². The van der Waals surface area contributed by atoms with Crippen LogP contribution in [0.4, 0.5) is 5.82 Å². The summed E-state index contributed by atoms with van der Waals surface area (Å²) in [6.45, 7) is 10.0. The Bertz CT molecular complexity index is 494. The van der Waals surface area contributed by atoms with Crippen LogP contribution in [0.15, 0.2) is 12.1 Å². The minimum atomic E-state index is 0.0694. The lowest BCUT2D eigenvalue weighted by molar-refractivity contribution is 0.0753. The molecule has 0 aromatic carbocycles. The van der Waals surface area contributed by atoms with Crippen molar-refractivity contribution in [2.24, 2.45) is 0 Å². The molecule has 2 N–H and O–H groups in total. The Hall–Kier alpha value is -1.23. The fraction of sp³-hybridized carbons (Fsp3) is 0.600. The second-order valence-electron chi connectivity index (χ2n) is 5.83. The predicted molar refractivity (Wildman–Crippen MR) is 85.2 cm³/mol. The molecule has 110 valence electrons. The van der Waals surface area contributed by atoms with Crippen LogP contribution >= 0.6 is 11.8 Å². The van der Waals surface area contributed by atoms with E-state index in [0.29, 0.717) is 21.9 Å². The fourth-order valence-corrected chi connectivity index (χ4v) is 3.84. The van der Waals surface area contributed by atoms with Gasteiger partial charge in [0.15, 0.2) is 0 Å². The van der Waals surface area contributed by atoms with Gasteiger partial charge in [0.25, 0.3) is 5.91 Å². The number of pyridine rings is 1. The molecule has 0 aliphatic carbocycles. The standard InChI is InChI=1S/C15H23N3OS/c1-9(2)13-5-12(6-14(16)17-13)15(19)18-7-10(3)20-11(4)8-18/h5-6,9-11H,7-8H2,1-4H3,(H2,16,17). The first-order chi connectivity index (χ1) is 9.36. The van der Waals surface area contributed by atoms with Crippen LogP contribution in [0.2, 0.25) is 0 Å². The molecule has 0 radical (unpaired) electrons. The highest BCUT2D eigenvalue weighted by molar-refractivity contribution is 8.00. The van der Waals surface area contributed by atoms with E-state index in [1.165, 1.54) is 0 Å². The summed E-state index contributed by atoms with van der Waals surface area (Å²) >= 11 is 1.94. The summed E-state index contributed by atoms with van der Waals surface area (Å²) in [7, 11) is 0. The number of carbonyl (C=O) groups excluding carboxylic acids is 1. The Morgan fingerprint density at radius 2 is 1.95 bits per heavy atom. The molecule has 2 heterocycles. The molecule has 0 saturated carbocycles. The zero-order valence-electron chi connectivity index (χ0n) is 12.6. The third kappa shape index (κ3) is 3.45. The lowest BCUT2D eigenvalue weighted by Gasteiger charge is -2.34. The van der Waals surface area contributed by atoms with Crippen LogP contribution < -0.4 is 5.73 Å². The van der Waals surface area contributed by atoms with E-state index < -0.39 is 0 Å². The lowest BCUT2D eigenvalue weighted by Crippen LogP contribution is -2.44. The van der Waals surface area contributed by atoms with Gasteiger partial charge >= 0.3 is 0 Å². The summed E-state index contributed by atoms with van der Waals surface area (Å²) in [4.78, 5) is 18.9.